The number of ether oxygens (including phenoxy) is 2. The molecule has 6 heteroatoms. The van der Waals surface area contributed by atoms with Crippen LogP contribution in [0.15, 0.2) is 30.3 Å². The molecule has 5 atom stereocenters. The third-order valence-electron chi connectivity index (χ3n) is 4.58. The zero-order valence-corrected chi connectivity index (χ0v) is 13.1. The van der Waals surface area contributed by atoms with E-state index >= 15 is 0 Å². The molecule has 2 aliphatic heterocycles. The summed E-state index contributed by atoms with van der Waals surface area (Å²) in [4.78, 5) is 12.1. The Morgan fingerprint density at radius 2 is 2.24 bits per heavy atom. The minimum atomic E-state index is -0.900. The zero-order chi connectivity index (χ0) is 15.0. The monoisotopic (exact) mass is 306 g/mol. The van der Waals surface area contributed by atoms with Gasteiger partial charge >= 0.3 is 5.97 Å². The summed E-state index contributed by atoms with van der Waals surface area (Å²) in [6, 6.07) is 9.54. The standard InChI is InChI=1S/C15H19BO4S/c1-10-13-14(16)20-15(10,9-21(13)18)7-12(17)19-8-11-5-3-2-4-6-11/h2-6,10,13-14H,7-9,16H2,1H3/t10?,13-,14+,15-,21?/m0/s1. The first kappa shape index (κ1) is 14.9. The van der Waals surface area contributed by atoms with Crippen LogP contribution >= 0.6 is 0 Å². The maximum absolute atomic E-state index is 12.1. The Morgan fingerprint density at radius 1 is 1.52 bits per heavy atom. The van der Waals surface area contributed by atoms with Gasteiger partial charge in [0.1, 0.15) is 31.1 Å². The fourth-order valence-electron chi connectivity index (χ4n) is 3.48. The van der Waals surface area contributed by atoms with Crippen LogP contribution in [0.2, 0.25) is 0 Å². The van der Waals surface area contributed by atoms with Crippen LogP contribution in [0.4, 0.5) is 0 Å². The Hall–Kier alpha value is -0.975. The minimum Gasteiger partial charge on any atom is -0.616 e. The van der Waals surface area contributed by atoms with E-state index < -0.39 is 16.8 Å². The van der Waals surface area contributed by atoms with Crippen molar-refractivity contribution in [1.82, 2.24) is 0 Å². The number of esters is 1. The van der Waals surface area contributed by atoms with Crippen molar-refractivity contribution in [3.63, 3.8) is 0 Å². The number of benzene rings is 1. The van der Waals surface area contributed by atoms with Crippen LogP contribution < -0.4 is 0 Å². The van der Waals surface area contributed by atoms with E-state index in [0.717, 1.165) is 5.56 Å². The molecular formula is C15H19BO4S. The van der Waals surface area contributed by atoms with Gasteiger partial charge in [0.25, 0.3) is 0 Å². The predicted octanol–water partition coefficient (Wildman–Crippen LogP) is 0.615. The number of hydrogen-bond acceptors (Lipinski definition) is 4. The molecule has 112 valence electrons. The summed E-state index contributed by atoms with van der Waals surface area (Å²) >= 11 is -0.900. The predicted molar refractivity (Wildman–Crippen MR) is 83.0 cm³/mol. The first-order chi connectivity index (χ1) is 10.0. The fraction of sp³-hybridized carbons (Fsp3) is 0.533. The molecular weight excluding hydrogens is 287 g/mol. The van der Waals surface area contributed by atoms with E-state index in [1.807, 2.05) is 45.1 Å². The summed E-state index contributed by atoms with van der Waals surface area (Å²) in [6.45, 7) is 2.30. The molecule has 0 radical (unpaired) electrons. The van der Waals surface area contributed by atoms with Gasteiger partial charge in [0.15, 0.2) is 0 Å². The van der Waals surface area contributed by atoms with E-state index in [2.05, 4.69) is 0 Å². The van der Waals surface area contributed by atoms with Gasteiger partial charge in [-0.25, -0.2) is 0 Å². The lowest BCUT2D eigenvalue weighted by Crippen LogP contribution is -2.43. The molecule has 0 N–H and O–H groups in total. The van der Waals surface area contributed by atoms with Crippen molar-refractivity contribution in [2.45, 2.75) is 36.8 Å². The minimum absolute atomic E-state index is 0.0449. The van der Waals surface area contributed by atoms with Gasteiger partial charge in [-0.1, -0.05) is 37.3 Å². The van der Waals surface area contributed by atoms with Crippen molar-refractivity contribution < 1.29 is 18.8 Å². The lowest BCUT2D eigenvalue weighted by molar-refractivity contribution is -0.152. The molecule has 21 heavy (non-hydrogen) atoms. The van der Waals surface area contributed by atoms with E-state index in [-0.39, 0.29) is 36.2 Å². The van der Waals surface area contributed by atoms with Crippen LogP contribution in [0, 0.1) is 5.92 Å². The Bertz CT molecular complexity index is 512. The quantitative estimate of drug-likeness (QED) is 0.465. The van der Waals surface area contributed by atoms with Crippen molar-refractivity contribution in [1.29, 1.82) is 0 Å². The first-order valence-electron chi connectivity index (χ1n) is 7.26. The largest absolute Gasteiger partial charge is 0.616 e. The molecule has 2 aliphatic rings. The highest BCUT2D eigenvalue weighted by Crippen LogP contribution is 2.49. The van der Waals surface area contributed by atoms with E-state index in [1.54, 1.807) is 0 Å². The molecule has 4 nitrogen and oxygen atoms in total. The molecule has 0 amide bonds. The van der Waals surface area contributed by atoms with Gasteiger partial charge in [0.05, 0.1) is 12.4 Å². The van der Waals surface area contributed by atoms with Crippen molar-refractivity contribution in [3.8, 4) is 0 Å². The van der Waals surface area contributed by atoms with Crippen molar-refractivity contribution in [3.05, 3.63) is 35.9 Å². The highest BCUT2D eigenvalue weighted by atomic mass is 32.2. The van der Waals surface area contributed by atoms with Gasteiger partial charge in [-0.3, -0.25) is 4.79 Å². The van der Waals surface area contributed by atoms with Gasteiger partial charge in [-0.15, -0.1) is 0 Å². The van der Waals surface area contributed by atoms with Crippen LogP contribution in [0.5, 0.6) is 0 Å². The molecule has 0 saturated carbocycles. The maximum atomic E-state index is 12.1. The van der Waals surface area contributed by atoms with Gasteiger partial charge in [0, 0.05) is 5.92 Å². The topological polar surface area (TPSA) is 58.6 Å². The highest BCUT2D eigenvalue weighted by Gasteiger charge is 2.65. The number of carbonyl (C=O) groups is 1. The van der Waals surface area contributed by atoms with Crippen LogP contribution in [0.1, 0.15) is 18.9 Å². The molecule has 1 aromatic rings. The lowest BCUT2D eigenvalue weighted by atomic mass is 9.84. The summed E-state index contributed by atoms with van der Waals surface area (Å²) in [5, 5.41) is 0.0481. The molecule has 2 heterocycles. The second-order valence-electron chi connectivity index (χ2n) is 5.99. The maximum Gasteiger partial charge on any atom is 0.309 e. The highest BCUT2D eigenvalue weighted by molar-refractivity contribution is 7.92. The lowest BCUT2D eigenvalue weighted by Gasteiger charge is -2.29. The number of rotatable bonds is 4. The second kappa shape index (κ2) is 5.67. The Labute approximate surface area is 128 Å². The normalized spacial score (nSPS) is 37.6. The number of hydrogen-bond donors (Lipinski definition) is 0. The van der Waals surface area contributed by atoms with Gasteiger partial charge in [0.2, 0.25) is 0 Å². The summed E-state index contributed by atoms with van der Waals surface area (Å²) in [7, 11) is 1.94. The molecule has 2 unspecified atom stereocenters. The van der Waals surface area contributed by atoms with Crippen molar-refractivity contribution in [2.75, 3.05) is 5.75 Å². The summed E-state index contributed by atoms with van der Waals surface area (Å²) in [5.74, 6) is 0.305. The third kappa shape index (κ3) is 2.72. The van der Waals surface area contributed by atoms with Crippen LogP contribution in [0.3, 0.4) is 0 Å². The van der Waals surface area contributed by atoms with Crippen LogP contribution in [0.25, 0.3) is 0 Å². The van der Waals surface area contributed by atoms with E-state index in [9.17, 15) is 9.35 Å². The van der Waals surface area contributed by atoms with Crippen molar-refractivity contribution in [2.24, 2.45) is 5.92 Å². The van der Waals surface area contributed by atoms with Gasteiger partial charge in [-0.05, 0) is 16.7 Å². The molecule has 2 bridgehead atoms. The molecule has 2 saturated heterocycles. The molecule has 0 spiro atoms. The Balaban J connectivity index is 1.60. The smallest absolute Gasteiger partial charge is 0.309 e. The number of carbonyl (C=O) groups excluding carboxylic acids is 1. The van der Waals surface area contributed by atoms with E-state index in [0.29, 0.717) is 5.75 Å². The SMILES string of the molecule is B[C@@H]1O[C@@]2(CC(=O)OCc3ccccc3)C[S+]([O-])[C@H]1C2C. The van der Waals surface area contributed by atoms with Gasteiger partial charge < -0.3 is 14.0 Å². The van der Waals surface area contributed by atoms with Gasteiger partial charge in [-0.2, -0.15) is 0 Å². The average Bonchev–Trinajstić information content (AvgIpc) is 2.82. The fourth-order valence-corrected chi connectivity index (χ4v) is 5.77. The van der Waals surface area contributed by atoms with Crippen molar-refractivity contribution >= 4 is 25.0 Å². The number of fused-ring (bicyclic) bond motifs is 2. The summed E-state index contributed by atoms with van der Waals surface area (Å²) in [5.41, 5.74) is 0.368. The molecule has 2 fully saturated rings. The summed E-state index contributed by atoms with van der Waals surface area (Å²) in [6.07, 6.45) is 0.188. The molecule has 1 aromatic carbocycles. The average molecular weight is 306 g/mol. The first-order valence-corrected chi connectivity index (χ1v) is 8.64. The third-order valence-corrected chi connectivity index (χ3v) is 6.75. The molecule has 3 rings (SSSR count). The Morgan fingerprint density at radius 3 is 2.86 bits per heavy atom. The van der Waals surface area contributed by atoms with Crippen LogP contribution in [-0.2, 0) is 32.1 Å². The van der Waals surface area contributed by atoms with E-state index in [4.69, 9.17) is 9.47 Å². The second-order valence-corrected chi connectivity index (χ2v) is 7.58. The summed E-state index contributed by atoms with van der Waals surface area (Å²) < 4.78 is 23.4. The Kier molecular flexibility index (Phi) is 4.03. The molecule has 0 aromatic heterocycles. The zero-order valence-electron chi connectivity index (χ0n) is 12.3. The van der Waals surface area contributed by atoms with E-state index in [1.165, 1.54) is 0 Å². The van der Waals surface area contributed by atoms with Crippen LogP contribution in [-0.4, -0.2) is 41.0 Å². The molecule has 0 aliphatic carbocycles.